The molecular weight excluding hydrogens is 292 g/mol. The number of phenolic OH excluding ortho intramolecular Hbond substituents is 1. The lowest BCUT2D eigenvalue weighted by molar-refractivity contribution is -0.0979. The minimum atomic E-state index is 0. The average molecular weight is 317 g/mol. The zero-order chi connectivity index (χ0) is 13.7. The summed E-state index contributed by atoms with van der Waals surface area (Å²) < 4.78 is 0. The third kappa shape index (κ3) is 6.80. The largest absolute Gasteiger partial charge is 0.508 e. The number of halogens is 1. The zero-order valence-corrected chi connectivity index (χ0v) is 13.7. The molecule has 0 atom stereocenters. The molecule has 1 aromatic rings. The molecule has 2 nitrogen and oxygen atoms in total. The Bertz CT molecular complexity index is 337. The minimum absolute atomic E-state index is 0. The number of phenols is 1. The quantitative estimate of drug-likeness (QED) is 0.872. The highest BCUT2D eigenvalue weighted by atomic mass is 79.9. The smallest absolute Gasteiger partial charge is 0.115 e. The lowest BCUT2D eigenvalue weighted by atomic mass is 9.72. The number of aromatic hydroxyl groups is 1. The van der Waals surface area contributed by atoms with Gasteiger partial charge >= 0.3 is 0 Å². The molecule has 0 aliphatic rings. The summed E-state index contributed by atoms with van der Waals surface area (Å²) in [7, 11) is 0. The first-order chi connectivity index (χ1) is 7.71. The van der Waals surface area contributed by atoms with Gasteiger partial charge in [0.25, 0.3) is 0 Å². The Morgan fingerprint density at radius 2 is 1.39 bits per heavy atom. The fourth-order valence-corrected chi connectivity index (χ4v) is 2.34. The third-order valence-corrected chi connectivity index (χ3v) is 2.62. The summed E-state index contributed by atoms with van der Waals surface area (Å²) in [6, 6.07) is 7.56. The highest BCUT2D eigenvalue weighted by Crippen LogP contribution is 2.36. The second-order valence-corrected chi connectivity index (χ2v) is 6.17. The van der Waals surface area contributed by atoms with Crippen LogP contribution in [0.5, 0.6) is 5.75 Å². The molecule has 3 heteroatoms. The maximum atomic E-state index is 9.25. The van der Waals surface area contributed by atoms with E-state index in [4.69, 9.17) is 4.79 Å². The van der Waals surface area contributed by atoms with Gasteiger partial charge in [0.15, 0.2) is 0 Å². The molecule has 0 fully saturated rings. The van der Waals surface area contributed by atoms with E-state index >= 15 is 0 Å². The van der Waals surface area contributed by atoms with Gasteiger partial charge in [-0.1, -0.05) is 46.8 Å². The standard InChI is InChI=1S/C14H22O.CH2O.BrH/c1-13(2,3)10-14(4,5)11-6-8-12(15)9-7-11;1-2;/h6-9,15H,10H2,1-5H3;1H2;1H. The Labute approximate surface area is 121 Å². The highest BCUT2D eigenvalue weighted by molar-refractivity contribution is 8.93. The van der Waals surface area contributed by atoms with E-state index in [1.807, 2.05) is 18.9 Å². The molecule has 0 radical (unpaired) electrons. The number of rotatable bonds is 2. The van der Waals surface area contributed by atoms with Gasteiger partial charge < -0.3 is 9.90 Å². The van der Waals surface area contributed by atoms with Crippen molar-refractivity contribution in [3.8, 4) is 5.75 Å². The Morgan fingerprint density at radius 1 is 1.00 bits per heavy atom. The van der Waals surface area contributed by atoms with Crippen molar-refractivity contribution in [2.24, 2.45) is 5.41 Å². The normalized spacial score (nSPS) is 10.9. The van der Waals surface area contributed by atoms with Crippen LogP contribution in [0.2, 0.25) is 0 Å². The molecular formula is C15H25BrO2. The first kappa shape index (κ1) is 19.5. The molecule has 0 aromatic heterocycles. The monoisotopic (exact) mass is 316 g/mol. The van der Waals surface area contributed by atoms with Crippen LogP contribution in [0.25, 0.3) is 0 Å². The summed E-state index contributed by atoms with van der Waals surface area (Å²) in [4.78, 5) is 8.00. The van der Waals surface area contributed by atoms with Gasteiger partial charge in [-0.25, -0.2) is 0 Å². The summed E-state index contributed by atoms with van der Waals surface area (Å²) in [6.07, 6.45) is 1.13. The van der Waals surface area contributed by atoms with Crippen LogP contribution in [-0.4, -0.2) is 11.9 Å². The van der Waals surface area contributed by atoms with Gasteiger partial charge in [-0.2, -0.15) is 0 Å². The average Bonchev–Trinajstić information content (AvgIpc) is 2.18. The first-order valence-electron chi connectivity index (χ1n) is 5.79. The van der Waals surface area contributed by atoms with Crippen LogP contribution in [0.3, 0.4) is 0 Å². The number of carbonyl (C=O) groups is 1. The lowest BCUT2D eigenvalue weighted by Crippen LogP contribution is -2.24. The van der Waals surface area contributed by atoms with Gasteiger partial charge in [0.2, 0.25) is 0 Å². The van der Waals surface area contributed by atoms with E-state index in [1.54, 1.807) is 12.1 Å². The number of benzene rings is 1. The molecule has 0 saturated heterocycles. The number of carbonyl (C=O) groups excluding carboxylic acids is 1. The number of hydrogen-bond acceptors (Lipinski definition) is 2. The van der Waals surface area contributed by atoms with Crippen LogP contribution in [-0.2, 0) is 10.2 Å². The fraction of sp³-hybridized carbons (Fsp3) is 0.533. The van der Waals surface area contributed by atoms with E-state index in [-0.39, 0.29) is 22.4 Å². The van der Waals surface area contributed by atoms with Crippen molar-refractivity contribution >= 4 is 23.8 Å². The van der Waals surface area contributed by atoms with Gasteiger partial charge in [0.05, 0.1) is 0 Å². The van der Waals surface area contributed by atoms with Gasteiger partial charge in [-0.3, -0.25) is 0 Å². The second-order valence-electron chi connectivity index (χ2n) is 6.17. The predicted molar refractivity (Wildman–Crippen MR) is 82.6 cm³/mol. The molecule has 1 rings (SSSR count). The maximum Gasteiger partial charge on any atom is 0.115 e. The SMILES string of the molecule is Br.C=O.CC(C)(C)CC(C)(C)c1ccc(O)cc1. The van der Waals surface area contributed by atoms with Crippen LogP contribution >= 0.6 is 17.0 Å². The van der Waals surface area contributed by atoms with Crippen molar-refractivity contribution in [2.45, 2.75) is 46.5 Å². The Hall–Kier alpha value is -0.830. The predicted octanol–water partition coefficient (Wildman–Crippen LogP) is 4.50. The van der Waals surface area contributed by atoms with Crippen LogP contribution in [0.15, 0.2) is 24.3 Å². The molecule has 18 heavy (non-hydrogen) atoms. The fourth-order valence-electron chi connectivity index (χ4n) is 2.34. The maximum absolute atomic E-state index is 9.25. The van der Waals surface area contributed by atoms with E-state index < -0.39 is 0 Å². The molecule has 0 spiro atoms. The van der Waals surface area contributed by atoms with Crippen LogP contribution in [0.4, 0.5) is 0 Å². The highest BCUT2D eigenvalue weighted by Gasteiger charge is 2.26. The molecule has 0 saturated carbocycles. The van der Waals surface area contributed by atoms with E-state index in [0.717, 1.165) is 6.42 Å². The van der Waals surface area contributed by atoms with Gasteiger partial charge in [-0.05, 0) is 34.9 Å². The van der Waals surface area contributed by atoms with Crippen molar-refractivity contribution in [2.75, 3.05) is 0 Å². The summed E-state index contributed by atoms with van der Waals surface area (Å²) in [5.41, 5.74) is 1.77. The first-order valence-corrected chi connectivity index (χ1v) is 5.79. The Morgan fingerprint density at radius 3 is 1.72 bits per heavy atom. The van der Waals surface area contributed by atoms with E-state index in [0.29, 0.717) is 11.2 Å². The summed E-state index contributed by atoms with van der Waals surface area (Å²) >= 11 is 0. The molecule has 0 heterocycles. The lowest BCUT2D eigenvalue weighted by Gasteiger charge is -2.33. The van der Waals surface area contributed by atoms with Crippen LogP contribution in [0.1, 0.15) is 46.6 Å². The molecule has 0 aliphatic heterocycles. The molecule has 1 N–H and O–H groups in total. The van der Waals surface area contributed by atoms with E-state index in [9.17, 15) is 5.11 Å². The third-order valence-electron chi connectivity index (χ3n) is 2.62. The topological polar surface area (TPSA) is 37.3 Å². The molecule has 104 valence electrons. The molecule has 1 aromatic carbocycles. The number of hydrogen-bond donors (Lipinski definition) is 1. The molecule has 0 amide bonds. The zero-order valence-electron chi connectivity index (χ0n) is 12.0. The van der Waals surface area contributed by atoms with Crippen molar-refractivity contribution in [1.29, 1.82) is 0 Å². The molecule has 0 unspecified atom stereocenters. The Kier molecular flexibility index (Phi) is 8.21. The van der Waals surface area contributed by atoms with Gasteiger partial charge in [0, 0.05) is 0 Å². The van der Waals surface area contributed by atoms with E-state index in [1.165, 1.54) is 5.56 Å². The van der Waals surface area contributed by atoms with Gasteiger partial charge in [0.1, 0.15) is 12.5 Å². The second kappa shape index (κ2) is 7.57. The molecule has 0 bridgehead atoms. The molecule has 0 aliphatic carbocycles. The summed E-state index contributed by atoms with van der Waals surface area (Å²) in [5, 5.41) is 9.25. The van der Waals surface area contributed by atoms with Crippen LogP contribution in [0, 0.1) is 5.41 Å². The van der Waals surface area contributed by atoms with Crippen molar-refractivity contribution in [1.82, 2.24) is 0 Å². The minimum Gasteiger partial charge on any atom is -0.508 e. The van der Waals surface area contributed by atoms with E-state index in [2.05, 4.69) is 34.6 Å². The summed E-state index contributed by atoms with van der Waals surface area (Å²) in [6.45, 7) is 13.3. The van der Waals surface area contributed by atoms with Crippen LogP contribution < -0.4 is 0 Å². The van der Waals surface area contributed by atoms with Gasteiger partial charge in [-0.15, -0.1) is 17.0 Å². The Balaban J connectivity index is 0. The summed E-state index contributed by atoms with van der Waals surface area (Å²) in [5.74, 6) is 0.338. The van der Waals surface area contributed by atoms with Crippen molar-refractivity contribution < 1.29 is 9.90 Å². The van der Waals surface area contributed by atoms with Crippen molar-refractivity contribution in [3.63, 3.8) is 0 Å². The van der Waals surface area contributed by atoms with Crippen molar-refractivity contribution in [3.05, 3.63) is 29.8 Å².